The lowest BCUT2D eigenvalue weighted by molar-refractivity contribution is -0.0531. The Labute approximate surface area is 168 Å². The van der Waals surface area contributed by atoms with Crippen molar-refractivity contribution in [3.05, 3.63) is 19.1 Å². The van der Waals surface area contributed by atoms with Crippen molar-refractivity contribution in [1.29, 1.82) is 0 Å². The molecule has 0 aliphatic carbocycles. The highest BCUT2D eigenvalue weighted by atomic mass is 127. The van der Waals surface area contributed by atoms with E-state index in [1.54, 1.807) is 0 Å². The topological polar surface area (TPSA) is 18.5 Å². The minimum absolute atomic E-state index is 0.357. The first-order valence-corrected chi connectivity index (χ1v) is 18.8. The van der Waals surface area contributed by atoms with Crippen molar-refractivity contribution < 1.29 is 9.47 Å². The number of rotatable bonds is 15. The van der Waals surface area contributed by atoms with Crippen LogP contribution >= 0.6 is 37.7 Å². The average molecular weight is 548 g/mol. The zero-order valence-electron chi connectivity index (χ0n) is 14.3. The smallest absolute Gasteiger partial charge is 0.355 e. The molecule has 0 N–H and O–H groups in total. The molecular weight excluding hydrogens is 514 g/mol. The van der Waals surface area contributed by atoms with Gasteiger partial charge in [0.05, 0.1) is 6.61 Å². The molecule has 0 saturated heterocycles. The molecule has 2 nitrogen and oxygen atoms in total. The largest absolute Gasteiger partial charge is 0.552 e. The molecule has 0 unspecified atom stereocenters. The first kappa shape index (κ1) is 26.1. The second-order valence-corrected chi connectivity index (χ2v) is 18.6. The molecule has 0 spiro atoms. The van der Waals surface area contributed by atoms with Gasteiger partial charge in [-0.2, -0.15) is 0 Å². The first-order chi connectivity index (χ1) is 10.8. The molecule has 0 aliphatic heterocycles. The predicted molar refractivity (Wildman–Crippen MR) is 117 cm³/mol. The summed E-state index contributed by atoms with van der Waals surface area (Å²) < 4.78 is 10.8. The van der Waals surface area contributed by atoms with Gasteiger partial charge in [0.25, 0.3) is 0 Å². The number of hydrogen-bond donors (Lipinski definition) is 0. The lowest BCUT2D eigenvalue weighted by Crippen LogP contribution is -2.02. The summed E-state index contributed by atoms with van der Waals surface area (Å²) in [5.41, 5.74) is 0. The molecule has 0 aromatic rings. The van der Waals surface area contributed by atoms with E-state index in [0.29, 0.717) is 19.4 Å². The molecule has 5 heteroatoms. The molecule has 0 heterocycles. The second kappa shape index (κ2) is 27.7. The number of halogens is 2. The summed E-state index contributed by atoms with van der Waals surface area (Å²) >= 11 is 5.18. The van der Waals surface area contributed by atoms with E-state index in [2.05, 4.69) is 63.7 Å². The molecule has 0 amide bonds. The van der Waals surface area contributed by atoms with Crippen LogP contribution in [0.3, 0.4) is 0 Å². The lowest BCUT2D eigenvalue weighted by atomic mass is 10.1. The van der Waals surface area contributed by atoms with Crippen molar-refractivity contribution in [1.82, 2.24) is 0 Å². The van der Waals surface area contributed by atoms with Crippen molar-refractivity contribution in [2.75, 3.05) is 20.0 Å². The van der Waals surface area contributed by atoms with Crippen LogP contribution in [0.2, 0.25) is 0 Å². The Morgan fingerprint density at radius 2 is 1.41 bits per heavy atom. The van der Waals surface area contributed by atoms with E-state index in [1.807, 2.05) is 0 Å². The van der Waals surface area contributed by atoms with E-state index < -0.39 is 0 Å². The summed E-state index contributed by atoms with van der Waals surface area (Å²) in [5.74, 6) is 0. The Bertz CT molecular complexity index is 205. The Kier molecular flexibility index (Phi) is 32.9. The minimum Gasteiger partial charge on any atom is -0.355 e. The molecule has 0 aromatic carbocycles. The van der Waals surface area contributed by atoms with E-state index >= 15 is 0 Å². The van der Waals surface area contributed by atoms with E-state index in [9.17, 15) is 0 Å². The van der Waals surface area contributed by atoms with Gasteiger partial charge in [0.2, 0.25) is 0 Å². The lowest BCUT2D eigenvalue weighted by Gasteiger charge is -2.05. The monoisotopic (exact) mass is 547 g/mol. The molecule has 22 heavy (non-hydrogen) atoms. The first-order valence-electron chi connectivity index (χ1n) is 8.55. The summed E-state index contributed by atoms with van der Waals surface area (Å²) in [6.07, 6.45) is 16.7. The number of ether oxygens (including phenoxy) is 2. The van der Waals surface area contributed by atoms with Gasteiger partial charge in [-0.15, -0.1) is 0 Å². The highest BCUT2D eigenvalue weighted by molar-refractivity contribution is 14.3. The van der Waals surface area contributed by atoms with Crippen molar-refractivity contribution in [2.24, 2.45) is 0 Å². The van der Waals surface area contributed by atoms with Crippen LogP contribution in [-0.2, 0) is 9.47 Å². The van der Waals surface area contributed by atoms with Gasteiger partial charge in [-0.25, -0.2) is 0 Å². The fraction of sp³-hybridized carbons (Fsp3) is 0.824. The van der Waals surface area contributed by atoms with E-state index in [1.165, 1.54) is 51.4 Å². The van der Waals surface area contributed by atoms with Crippen molar-refractivity contribution in [3.63, 3.8) is 0 Å². The van der Waals surface area contributed by atoms with Crippen LogP contribution in [0.15, 0.2) is 12.2 Å². The molecule has 129 valence electrons. The number of unbranched alkanes of at least 4 members (excludes halogenated alkanes) is 7. The van der Waals surface area contributed by atoms with Crippen molar-refractivity contribution in [3.8, 4) is 0 Å². The molecule has 0 rings (SSSR count). The third kappa shape index (κ3) is 29.8. The summed E-state index contributed by atoms with van der Waals surface area (Å²) in [5, 5.41) is 0. The van der Waals surface area contributed by atoms with Gasteiger partial charge in [0.1, 0.15) is 6.79 Å². The summed E-state index contributed by atoms with van der Waals surface area (Å²) in [6.45, 7) is 8.02. The maximum Gasteiger partial charge on any atom is 0.552 e. The summed E-state index contributed by atoms with van der Waals surface area (Å²) in [6, 6.07) is 0. The summed E-state index contributed by atoms with van der Waals surface area (Å²) in [4.78, 5) is 0. The molecule has 1 radical (unpaired) electrons. The van der Waals surface area contributed by atoms with Gasteiger partial charge < -0.3 is 9.47 Å². The zero-order valence-corrected chi connectivity index (χ0v) is 20.1. The minimum atomic E-state index is 0.357. The number of hydrogen-bond acceptors (Lipinski definition) is 2. The molecule has 0 atom stereocenters. The van der Waals surface area contributed by atoms with Gasteiger partial charge >= 0.3 is 12.6 Å². The van der Waals surface area contributed by atoms with Gasteiger partial charge in [0.15, 0.2) is 0 Å². The Balaban J connectivity index is 0. The maximum absolute atomic E-state index is 5.43. The van der Waals surface area contributed by atoms with Crippen LogP contribution in [0.1, 0.15) is 71.1 Å². The van der Waals surface area contributed by atoms with Crippen molar-refractivity contribution >= 4 is 50.3 Å². The third-order valence-electron chi connectivity index (χ3n) is 3.07. The molecule has 0 fully saturated rings. The molecular formula is C17H33I2MgO2. The maximum atomic E-state index is 5.43. The van der Waals surface area contributed by atoms with Crippen LogP contribution < -0.4 is 0 Å². The standard InChI is InChI=1S/C17H33O2.2HI.Mg/c1-3-5-7-9-10-11-12-14-16-19-17-18-15-13-8-6-4-2;;;/h6,8H,2-5,7,9-17H2,1H3;2*1H;/q;;;+2/p-2/b8-6-;;;. The van der Waals surface area contributed by atoms with Crippen LogP contribution in [0, 0.1) is 6.92 Å². The van der Waals surface area contributed by atoms with Gasteiger partial charge in [-0.05, 0) is 26.2 Å². The summed E-state index contributed by atoms with van der Waals surface area (Å²) in [7, 11) is 0. The van der Waals surface area contributed by atoms with Gasteiger partial charge in [-0.3, -0.25) is 37.7 Å². The van der Waals surface area contributed by atoms with Gasteiger partial charge in [0, 0.05) is 6.61 Å². The van der Waals surface area contributed by atoms with Crippen LogP contribution in [0.25, 0.3) is 0 Å². The Morgan fingerprint density at radius 1 is 0.864 bits per heavy atom. The molecule has 0 aromatic heterocycles. The van der Waals surface area contributed by atoms with E-state index in [0.717, 1.165) is 26.1 Å². The van der Waals surface area contributed by atoms with Gasteiger partial charge in [-0.1, -0.05) is 64.0 Å². The van der Waals surface area contributed by atoms with Crippen molar-refractivity contribution in [2.45, 2.75) is 71.1 Å². The van der Waals surface area contributed by atoms with Crippen LogP contribution in [-0.4, -0.2) is 32.6 Å². The number of allylic oxidation sites excluding steroid dienone is 1. The van der Waals surface area contributed by atoms with E-state index in [-0.39, 0.29) is 0 Å². The predicted octanol–water partition coefficient (Wildman–Crippen LogP) is 6.68. The van der Waals surface area contributed by atoms with Crippen LogP contribution in [0.4, 0.5) is 0 Å². The molecule has 0 saturated carbocycles. The fourth-order valence-corrected chi connectivity index (χ4v) is 1.90. The fourth-order valence-electron chi connectivity index (χ4n) is 1.90. The average Bonchev–Trinajstić information content (AvgIpc) is 2.52. The Hall–Kier alpha value is 1.89. The molecule has 0 bridgehead atoms. The zero-order chi connectivity index (χ0) is 16.7. The third-order valence-corrected chi connectivity index (χ3v) is 3.07. The van der Waals surface area contributed by atoms with E-state index in [4.69, 9.17) is 9.47 Å². The van der Waals surface area contributed by atoms with Crippen LogP contribution in [0.5, 0.6) is 0 Å². The normalized spacial score (nSPS) is 10.4. The highest BCUT2D eigenvalue weighted by Crippen LogP contribution is 2.08. The second-order valence-electron chi connectivity index (χ2n) is 5.06. The molecule has 0 aliphatic rings. The highest BCUT2D eigenvalue weighted by Gasteiger charge is 1.92. The Morgan fingerprint density at radius 3 is 2.00 bits per heavy atom. The SMILES string of the molecule is [CH2]C/C=C\CCOCOCCCCCCCCCC.[I][Mg][I]. The quantitative estimate of drug-likeness (QED) is 0.0749.